The van der Waals surface area contributed by atoms with E-state index in [1.165, 1.54) is 6.38 Å². The highest BCUT2D eigenvalue weighted by Crippen LogP contribution is 2.12. The van der Waals surface area contributed by atoms with Gasteiger partial charge in [0.2, 0.25) is 0 Å². The number of ether oxygens (including phenoxy) is 9. The van der Waals surface area contributed by atoms with Crippen molar-refractivity contribution in [2.75, 3.05) is 125 Å². The van der Waals surface area contributed by atoms with E-state index >= 15 is 0 Å². The molecule has 0 radical (unpaired) electrons. The number of hydrogen-bond donors (Lipinski definition) is 3. The van der Waals surface area contributed by atoms with E-state index in [0.717, 1.165) is 16.9 Å². The normalized spacial score (nSPS) is 10.8. The summed E-state index contributed by atoms with van der Waals surface area (Å²) in [6.45, 7) is 9.26. The van der Waals surface area contributed by atoms with Gasteiger partial charge in [0.15, 0.2) is 5.69 Å². The van der Waals surface area contributed by atoms with Gasteiger partial charge in [-0.15, -0.1) is 11.6 Å². The van der Waals surface area contributed by atoms with Crippen molar-refractivity contribution < 1.29 is 53.3 Å². The van der Waals surface area contributed by atoms with Crippen molar-refractivity contribution in [3.8, 4) is 5.75 Å². The van der Waals surface area contributed by atoms with Crippen LogP contribution in [0.4, 0.5) is 5.69 Å². The number of rotatable bonds is 28. The van der Waals surface area contributed by atoms with Gasteiger partial charge in [-0.1, -0.05) is 0 Å². The van der Waals surface area contributed by atoms with Crippen LogP contribution in [-0.2, 0) is 37.9 Å². The molecule has 0 aliphatic heterocycles. The Labute approximate surface area is 231 Å². The molecule has 0 saturated carbocycles. The van der Waals surface area contributed by atoms with E-state index in [1.54, 1.807) is 24.3 Å². The second kappa shape index (κ2) is 32.1. The van der Waals surface area contributed by atoms with E-state index in [-0.39, 0.29) is 0 Å². The van der Waals surface area contributed by atoms with Crippen molar-refractivity contribution in [2.24, 2.45) is 5.73 Å². The fraction of sp³-hybridized carbons (Fsp3) is 0.760. The summed E-state index contributed by atoms with van der Waals surface area (Å²) >= 11 is 4.64. The zero-order valence-corrected chi connectivity index (χ0v) is 23.4. The largest absolute Gasteiger partial charge is 0.491 e. The first-order chi connectivity index (χ1) is 18.9. The molecule has 13 heteroatoms. The lowest BCUT2D eigenvalue weighted by Crippen LogP contribution is -2.73. The summed E-state index contributed by atoms with van der Waals surface area (Å²) in [4.78, 5) is 0. The lowest BCUT2D eigenvalue weighted by Gasteiger charge is -2.09. The van der Waals surface area contributed by atoms with E-state index < -0.39 is 0 Å². The Morgan fingerprint density at radius 1 is 0.526 bits per heavy atom. The van der Waals surface area contributed by atoms with Crippen LogP contribution in [0.25, 0.3) is 0 Å². The summed E-state index contributed by atoms with van der Waals surface area (Å²) in [6, 6.07) is 7.14. The first-order valence-electron chi connectivity index (χ1n) is 12.8. The molecule has 224 valence electrons. The summed E-state index contributed by atoms with van der Waals surface area (Å²) in [5.41, 5.74) is 7.10. The quantitative estimate of drug-likeness (QED) is 0.0562. The van der Waals surface area contributed by atoms with Gasteiger partial charge in [0.1, 0.15) is 12.4 Å². The zero-order valence-electron chi connectivity index (χ0n) is 22.7. The van der Waals surface area contributed by atoms with Gasteiger partial charge < -0.3 is 48.4 Å². The van der Waals surface area contributed by atoms with Crippen LogP contribution in [-0.4, -0.2) is 130 Å². The van der Waals surface area contributed by atoms with Crippen molar-refractivity contribution in [3.63, 3.8) is 0 Å². The molecule has 0 amide bonds. The molecule has 1 rings (SSSR count). The second-order valence-corrected chi connectivity index (χ2v) is 7.23. The van der Waals surface area contributed by atoms with Gasteiger partial charge >= 0.3 is 0 Å². The summed E-state index contributed by atoms with van der Waals surface area (Å²) in [7, 11) is 0. The first-order valence-corrected chi connectivity index (χ1v) is 13.5. The van der Waals surface area contributed by atoms with Crippen molar-refractivity contribution in [1.82, 2.24) is 0 Å². The highest BCUT2D eigenvalue weighted by atomic mass is 35.5. The van der Waals surface area contributed by atoms with Crippen LogP contribution in [0.15, 0.2) is 24.3 Å². The fourth-order valence-corrected chi connectivity index (χ4v) is 2.59. The number of benzene rings is 1. The number of halogens is 1. The van der Waals surface area contributed by atoms with Crippen LogP contribution in [0.5, 0.6) is 5.75 Å². The smallest absolute Gasteiger partial charge is 0.161 e. The monoisotopic (exact) mass is 571 g/mol. The Morgan fingerprint density at radius 2 is 0.816 bits per heavy atom. The zero-order chi connectivity index (χ0) is 27.8. The van der Waals surface area contributed by atoms with Crippen molar-refractivity contribution >= 4 is 17.3 Å². The molecule has 0 saturated heterocycles. The molecule has 0 fully saturated rings. The molecule has 1 aromatic carbocycles. The maximum Gasteiger partial charge on any atom is 0.161 e. The average Bonchev–Trinajstić information content (AvgIpc) is 2.96. The highest BCUT2D eigenvalue weighted by Gasteiger charge is 1.98. The highest BCUT2D eigenvalue weighted by molar-refractivity contribution is 6.15. The van der Waals surface area contributed by atoms with Crippen LogP contribution in [0.3, 0.4) is 0 Å². The van der Waals surface area contributed by atoms with Crippen LogP contribution >= 0.6 is 11.6 Å². The molecule has 12 nitrogen and oxygen atoms in total. The molecular formula is C25H48ClN2O10+. The van der Waals surface area contributed by atoms with E-state index in [2.05, 4.69) is 11.6 Å². The van der Waals surface area contributed by atoms with E-state index in [4.69, 9.17) is 53.6 Å². The number of quaternary nitrogens is 1. The van der Waals surface area contributed by atoms with Crippen LogP contribution in [0, 0.1) is 0 Å². The van der Waals surface area contributed by atoms with Crippen molar-refractivity contribution in [1.29, 1.82) is 0 Å². The Bertz CT molecular complexity index is 576. The molecule has 38 heavy (non-hydrogen) atoms. The third-order valence-corrected chi connectivity index (χ3v) is 4.39. The number of nitrogens with two attached hydrogens (primary N) is 2. The van der Waals surface area contributed by atoms with Gasteiger partial charge in [-0.25, -0.2) is 5.21 Å². The Balaban J connectivity index is 0.00000667. The first kappa shape index (κ1) is 36.9. The molecule has 0 spiro atoms. The van der Waals surface area contributed by atoms with Crippen LogP contribution in [0.2, 0.25) is 0 Å². The molecule has 0 unspecified atom stereocenters. The molecule has 0 bridgehead atoms. The minimum Gasteiger partial charge on any atom is -0.491 e. The lowest BCUT2D eigenvalue weighted by atomic mass is 10.3. The predicted molar refractivity (Wildman–Crippen MR) is 143 cm³/mol. The molecule has 0 aliphatic carbocycles. The van der Waals surface area contributed by atoms with Gasteiger partial charge in [0.05, 0.1) is 106 Å². The van der Waals surface area contributed by atoms with Gasteiger partial charge in [-0.05, 0) is 12.1 Å². The maximum atomic E-state index is 8.88. The van der Waals surface area contributed by atoms with Gasteiger partial charge in [0.25, 0.3) is 0 Å². The van der Waals surface area contributed by atoms with Crippen molar-refractivity contribution in [3.05, 3.63) is 24.3 Å². The molecular weight excluding hydrogens is 524 g/mol. The predicted octanol–water partition coefficient (Wildman–Crippen LogP) is 0.596. The van der Waals surface area contributed by atoms with E-state index in [9.17, 15) is 0 Å². The third-order valence-electron chi connectivity index (χ3n) is 4.39. The van der Waals surface area contributed by atoms with Gasteiger partial charge in [0, 0.05) is 25.1 Å². The van der Waals surface area contributed by atoms with E-state index in [1.807, 2.05) is 0 Å². The lowest BCUT2D eigenvalue weighted by molar-refractivity contribution is -0.825. The van der Waals surface area contributed by atoms with E-state index in [0.29, 0.717) is 119 Å². The molecule has 0 heterocycles. The Hall–Kier alpha value is -1.13. The molecule has 1 aromatic rings. The van der Waals surface area contributed by atoms with Crippen LogP contribution in [0.1, 0.15) is 0 Å². The molecule has 0 atom stereocenters. The third kappa shape index (κ3) is 26.5. The second-order valence-electron chi connectivity index (χ2n) is 7.23. The Morgan fingerprint density at radius 3 is 1.11 bits per heavy atom. The SMILES string of the molecule is CCl.NCCOCCOCCOCCOCCOCCOCCOCCOCCOc1ccc([NH2+]O)cc1. The molecule has 5 N–H and O–H groups in total. The summed E-state index contributed by atoms with van der Waals surface area (Å²) in [5, 5.41) is 8.88. The Kier molecular flexibility index (Phi) is 31.1. The standard InChI is InChI=1S/C24H44N2O10.CH3Cl/c25-5-6-28-7-8-29-9-10-30-11-12-31-13-14-32-15-16-33-17-18-34-19-20-35-21-22-36-24-3-1-23(26-27)2-4-24;1-2/h1-4,26-27H,5-22,25H2;1H3/p+1. The molecule has 0 aromatic heterocycles. The number of alkyl halides is 1. The van der Waals surface area contributed by atoms with Crippen molar-refractivity contribution in [2.45, 2.75) is 0 Å². The van der Waals surface area contributed by atoms with Crippen LogP contribution < -0.4 is 16.0 Å². The van der Waals surface area contributed by atoms with Gasteiger partial charge in [-0.2, -0.15) is 5.48 Å². The minimum absolute atomic E-state index is 0.451. The summed E-state index contributed by atoms with van der Waals surface area (Å²) < 4.78 is 48.7. The summed E-state index contributed by atoms with van der Waals surface area (Å²) in [5.74, 6) is 0.734. The number of hydrogen-bond acceptors (Lipinski definition) is 11. The molecule has 0 aliphatic rings. The fourth-order valence-electron chi connectivity index (χ4n) is 2.59. The minimum atomic E-state index is 0.451. The maximum absolute atomic E-state index is 8.88. The average molecular weight is 572 g/mol. The topological polar surface area (TPSA) is 146 Å². The summed E-state index contributed by atoms with van der Waals surface area (Å²) in [6.07, 6.45) is 1.47. The van der Waals surface area contributed by atoms with Gasteiger partial charge in [-0.3, -0.25) is 0 Å².